The molecule has 0 rings (SSSR count). The van der Waals surface area contributed by atoms with Crippen molar-refractivity contribution in [3.05, 3.63) is 0 Å². The maximum absolute atomic E-state index is 11.4. The van der Waals surface area contributed by atoms with E-state index in [1.807, 2.05) is 4.72 Å². The average molecular weight is 339 g/mol. The molecular weight excluding hydrogens is 322 g/mol. The van der Waals surface area contributed by atoms with E-state index in [4.69, 9.17) is 9.66 Å². The molecule has 0 heterocycles. The third kappa shape index (κ3) is 12.5. The highest BCUT2D eigenvalue weighted by molar-refractivity contribution is 7.91. The van der Waals surface area contributed by atoms with Gasteiger partial charge < -0.3 is 5.11 Å². The molecule has 0 aliphatic carbocycles. The molecule has 1 atom stereocenters. The van der Waals surface area contributed by atoms with Crippen LogP contribution < -0.4 is 4.72 Å². The van der Waals surface area contributed by atoms with Crippen LogP contribution in [0.3, 0.4) is 0 Å². The fourth-order valence-electron chi connectivity index (χ4n) is 1.11. The van der Waals surface area contributed by atoms with Gasteiger partial charge in [0.05, 0.1) is 17.6 Å². The average Bonchev–Trinajstić information content (AvgIpc) is 2.09. The van der Waals surface area contributed by atoms with Crippen LogP contribution in [-0.4, -0.2) is 71.1 Å². The second kappa shape index (κ2) is 6.95. The lowest BCUT2D eigenvalue weighted by molar-refractivity contribution is 0.198. The van der Waals surface area contributed by atoms with E-state index in [0.29, 0.717) is 0 Å². The molecule has 1 unspecified atom stereocenters. The van der Waals surface area contributed by atoms with Gasteiger partial charge in [-0.3, -0.25) is 4.55 Å². The van der Waals surface area contributed by atoms with Crippen LogP contribution in [0.2, 0.25) is 0 Å². The Morgan fingerprint density at radius 1 is 1.05 bits per heavy atom. The van der Waals surface area contributed by atoms with Gasteiger partial charge in [0, 0.05) is 12.8 Å². The van der Waals surface area contributed by atoms with E-state index in [9.17, 15) is 25.3 Å². The van der Waals surface area contributed by atoms with Crippen molar-refractivity contribution in [1.82, 2.24) is 4.72 Å². The zero-order chi connectivity index (χ0) is 15.3. The van der Waals surface area contributed by atoms with Crippen LogP contribution in [0.5, 0.6) is 0 Å². The summed E-state index contributed by atoms with van der Waals surface area (Å²) in [7, 11) is -11.5. The standard InChI is InChI=1S/C7H17NO8S3/c1-17(10,11)3-2-4-18(12,13)8-5-7(9)6-19(14,15)16/h7-9H,2-6H2,1H3,(H,14,15,16). The number of sulfone groups is 1. The van der Waals surface area contributed by atoms with Crippen LogP contribution in [0.25, 0.3) is 0 Å². The van der Waals surface area contributed by atoms with Crippen LogP contribution in [0.1, 0.15) is 6.42 Å². The van der Waals surface area contributed by atoms with E-state index < -0.39 is 54.1 Å². The quantitative estimate of drug-likeness (QED) is 0.392. The molecule has 9 nitrogen and oxygen atoms in total. The van der Waals surface area contributed by atoms with Gasteiger partial charge in [-0.2, -0.15) is 8.42 Å². The summed E-state index contributed by atoms with van der Waals surface area (Å²) in [6, 6.07) is 0. The fourth-order valence-corrected chi connectivity index (χ4v) is 3.68. The third-order valence-electron chi connectivity index (χ3n) is 1.87. The van der Waals surface area contributed by atoms with Crippen LogP contribution in [0, 0.1) is 0 Å². The predicted molar refractivity (Wildman–Crippen MR) is 68.5 cm³/mol. The Bertz CT molecular complexity index is 576. The van der Waals surface area contributed by atoms with E-state index >= 15 is 0 Å². The Kier molecular flexibility index (Phi) is 6.85. The molecule has 0 aliphatic heterocycles. The summed E-state index contributed by atoms with van der Waals surface area (Å²) in [5, 5.41) is 9.14. The first-order valence-electron chi connectivity index (χ1n) is 5.09. The van der Waals surface area contributed by atoms with Gasteiger partial charge in [-0.25, -0.2) is 21.6 Å². The lowest BCUT2D eigenvalue weighted by Crippen LogP contribution is -2.37. The van der Waals surface area contributed by atoms with Crippen molar-refractivity contribution in [3.63, 3.8) is 0 Å². The Hall–Kier alpha value is -0.270. The molecule has 0 fully saturated rings. The smallest absolute Gasteiger partial charge is 0.267 e. The molecule has 0 aromatic heterocycles. The van der Waals surface area contributed by atoms with Gasteiger partial charge in [-0.05, 0) is 6.42 Å². The number of sulfonamides is 1. The second-order valence-electron chi connectivity index (χ2n) is 4.05. The fraction of sp³-hybridized carbons (Fsp3) is 1.00. The normalized spacial score (nSPS) is 15.3. The van der Waals surface area contributed by atoms with E-state index in [-0.39, 0.29) is 12.2 Å². The minimum Gasteiger partial charge on any atom is -0.391 e. The van der Waals surface area contributed by atoms with Gasteiger partial charge in [-0.1, -0.05) is 0 Å². The van der Waals surface area contributed by atoms with Crippen molar-refractivity contribution in [3.8, 4) is 0 Å². The lowest BCUT2D eigenvalue weighted by Gasteiger charge is -2.10. The number of nitrogens with one attached hydrogen (secondary N) is 1. The lowest BCUT2D eigenvalue weighted by atomic mass is 10.4. The predicted octanol–water partition coefficient (Wildman–Crippen LogP) is -2.41. The van der Waals surface area contributed by atoms with Gasteiger partial charge in [0.2, 0.25) is 10.0 Å². The molecule has 0 aromatic rings. The van der Waals surface area contributed by atoms with Crippen molar-refractivity contribution in [2.75, 3.05) is 30.1 Å². The molecule has 3 N–H and O–H groups in total. The first kappa shape index (κ1) is 18.7. The molecule has 0 radical (unpaired) electrons. The van der Waals surface area contributed by atoms with Crippen LogP contribution >= 0.6 is 0 Å². The minimum absolute atomic E-state index is 0.109. The first-order valence-corrected chi connectivity index (χ1v) is 10.4. The highest BCUT2D eigenvalue weighted by Gasteiger charge is 2.18. The van der Waals surface area contributed by atoms with Crippen molar-refractivity contribution in [2.45, 2.75) is 12.5 Å². The monoisotopic (exact) mass is 339 g/mol. The maximum atomic E-state index is 11.4. The van der Waals surface area contributed by atoms with E-state index in [0.717, 1.165) is 6.26 Å². The van der Waals surface area contributed by atoms with Crippen LogP contribution in [0.4, 0.5) is 0 Å². The van der Waals surface area contributed by atoms with E-state index in [1.165, 1.54) is 0 Å². The summed E-state index contributed by atoms with van der Waals surface area (Å²) in [5.41, 5.74) is 0. The molecule has 116 valence electrons. The van der Waals surface area contributed by atoms with Gasteiger partial charge >= 0.3 is 0 Å². The SMILES string of the molecule is CS(=O)(=O)CCCS(=O)(=O)NCC(O)CS(=O)(=O)O. The summed E-state index contributed by atoms with van der Waals surface area (Å²) in [5.74, 6) is -1.74. The Morgan fingerprint density at radius 2 is 1.58 bits per heavy atom. The molecule has 19 heavy (non-hydrogen) atoms. The number of rotatable bonds is 9. The molecule has 0 bridgehead atoms. The molecule has 0 spiro atoms. The molecule has 0 saturated carbocycles. The van der Waals surface area contributed by atoms with E-state index in [2.05, 4.69) is 0 Å². The van der Waals surface area contributed by atoms with Gasteiger partial charge in [-0.15, -0.1) is 0 Å². The van der Waals surface area contributed by atoms with Crippen molar-refractivity contribution in [1.29, 1.82) is 0 Å². The zero-order valence-electron chi connectivity index (χ0n) is 10.2. The maximum Gasteiger partial charge on any atom is 0.267 e. The first-order chi connectivity index (χ1) is 8.31. The molecular formula is C7H17NO8S3. The summed E-state index contributed by atoms with van der Waals surface area (Å²) >= 11 is 0. The minimum atomic E-state index is -4.39. The summed E-state index contributed by atoms with van der Waals surface area (Å²) in [6.07, 6.45) is -0.717. The van der Waals surface area contributed by atoms with Crippen molar-refractivity contribution in [2.24, 2.45) is 0 Å². The zero-order valence-corrected chi connectivity index (χ0v) is 12.6. The van der Waals surface area contributed by atoms with E-state index in [1.54, 1.807) is 0 Å². The third-order valence-corrected chi connectivity index (χ3v) is 5.14. The Balaban J connectivity index is 4.18. The van der Waals surface area contributed by atoms with Crippen molar-refractivity contribution < 1.29 is 34.9 Å². The summed E-state index contributed by atoms with van der Waals surface area (Å²) < 4.78 is 75.4. The highest BCUT2D eigenvalue weighted by atomic mass is 32.2. The largest absolute Gasteiger partial charge is 0.391 e. The van der Waals surface area contributed by atoms with Gasteiger partial charge in [0.15, 0.2) is 0 Å². The van der Waals surface area contributed by atoms with Gasteiger partial charge in [0.1, 0.15) is 15.6 Å². The Morgan fingerprint density at radius 3 is 2.00 bits per heavy atom. The second-order valence-corrected chi connectivity index (χ2v) is 9.74. The molecule has 0 amide bonds. The van der Waals surface area contributed by atoms with Gasteiger partial charge in [0.25, 0.3) is 10.1 Å². The number of hydrogen-bond acceptors (Lipinski definition) is 7. The molecule has 0 aliphatic rings. The number of aliphatic hydroxyl groups excluding tert-OH is 1. The molecule has 0 aromatic carbocycles. The number of aliphatic hydroxyl groups is 1. The summed E-state index contributed by atoms with van der Waals surface area (Å²) in [4.78, 5) is 0. The van der Waals surface area contributed by atoms with Crippen LogP contribution in [-0.2, 0) is 30.0 Å². The molecule has 0 saturated heterocycles. The number of hydrogen-bond donors (Lipinski definition) is 3. The Labute approximate surface area is 112 Å². The highest BCUT2D eigenvalue weighted by Crippen LogP contribution is 1.96. The van der Waals surface area contributed by atoms with Crippen molar-refractivity contribution >= 4 is 30.0 Å². The topological polar surface area (TPSA) is 155 Å². The summed E-state index contributed by atoms with van der Waals surface area (Å²) in [6.45, 7) is -0.582. The van der Waals surface area contributed by atoms with Crippen LogP contribution in [0.15, 0.2) is 0 Å². The molecule has 12 heteroatoms.